The number of ether oxygens (including phenoxy) is 3. The van der Waals surface area contributed by atoms with Gasteiger partial charge in [-0.1, -0.05) is 18.2 Å². The SMILES string of the molecule is CCOc1ccccc1NC(=S)NC(=O)c1c(OC)cccc1OC. The zero-order valence-electron chi connectivity index (χ0n) is 14.3. The molecule has 0 saturated carbocycles. The first-order valence-corrected chi connectivity index (χ1v) is 8.06. The van der Waals surface area contributed by atoms with Crippen molar-refractivity contribution in [1.82, 2.24) is 5.32 Å². The van der Waals surface area contributed by atoms with Gasteiger partial charge in [0.2, 0.25) is 0 Å². The maximum absolute atomic E-state index is 12.6. The Morgan fingerprint density at radius 3 is 2.20 bits per heavy atom. The van der Waals surface area contributed by atoms with Crippen molar-refractivity contribution in [2.45, 2.75) is 6.92 Å². The first-order chi connectivity index (χ1) is 12.1. The van der Waals surface area contributed by atoms with Crippen LogP contribution in [0.4, 0.5) is 5.69 Å². The van der Waals surface area contributed by atoms with Crippen LogP contribution in [0.25, 0.3) is 0 Å². The standard InChI is InChI=1S/C18H20N2O4S/c1-4-24-13-9-6-5-8-12(13)19-18(25)20-17(21)16-14(22-2)10-7-11-15(16)23-3/h5-11H,4H2,1-3H3,(H2,19,20,21,25). The third-order valence-electron chi connectivity index (χ3n) is 3.32. The summed E-state index contributed by atoms with van der Waals surface area (Å²) in [6.07, 6.45) is 0. The normalized spacial score (nSPS) is 9.88. The summed E-state index contributed by atoms with van der Waals surface area (Å²) in [5.74, 6) is 1.01. The number of hydrogen-bond donors (Lipinski definition) is 2. The molecule has 0 unspecified atom stereocenters. The molecule has 1 amide bonds. The molecule has 2 aromatic rings. The maximum Gasteiger partial charge on any atom is 0.264 e. The molecule has 0 spiro atoms. The van der Waals surface area contributed by atoms with Crippen LogP contribution in [0.1, 0.15) is 17.3 Å². The predicted molar refractivity (Wildman–Crippen MR) is 101 cm³/mol. The zero-order chi connectivity index (χ0) is 18.2. The van der Waals surface area contributed by atoms with Gasteiger partial charge in [0.25, 0.3) is 5.91 Å². The molecule has 0 saturated heterocycles. The molecular weight excluding hydrogens is 340 g/mol. The maximum atomic E-state index is 12.6. The van der Waals surface area contributed by atoms with E-state index in [0.29, 0.717) is 29.5 Å². The largest absolute Gasteiger partial charge is 0.496 e. The molecule has 25 heavy (non-hydrogen) atoms. The van der Waals surface area contributed by atoms with Crippen molar-refractivity contribution in [2.24, 2.45) is 0 Å². The van der Waals surface area contributed by atoms with E-state index in [1.165, 1.54) is 14.2 Å². The van der Waals surface area contributed by atoms with Gasteiger partial charge in [0.15, 0.2) is 5.11 Å². The van der Waals surface area contributed by atoms with E-state index in [4.69, 9.17) is 26.4 Å². The first kappa shape index (κ1) is 18.5. The molecule has 6 nitrogen and oxygen atoms in total. The number of hydrogen-bond acceptors (Lipinski definition) is 5. The van der Waals surface area contributed by atoms with Crippen molar-refractivity contribution in [3.8, 4) is 17.2 Å². The summed E-state index contributed by atoms with van der Waals surface area (Å²) >= 11 is 5.23. The summed E-state index contributed by atoms with van der Waals surface area (Å²) in [4.78, 5) is 12.6. The first-order valence-electron chi connectivity index (χ1n) is 7.65. The Labute approximate surface area is 152 Å². The van der Waals surface area contributed by atoms with Crippen molar-refractivity contribution in [3.05, 3.63) is 48.0 Å². The highest BCUT2D eigenvalue weighted by Crippen LogP contribution is 2.28. The number of carbonyl (C=O) groups excluding carboxylic acids is 1. The predicted octanol–water partition coefficient (Wildman–Crippen LogP) is 3.23. The van der Waals surface area contributed by atoms with Crippen LogP contribution in [0, 0.1) is 0 Å². The third kappa shape index (κ3) is 4.60. The molecule has 0 radical (unpaired) electrons. The molecular formula is C18H20N2O4S. The second-order valence-corrected chi connectivity index (χ2v) is 5.28. The zero-order valence-corrected chi connectivity index (χ0v) is 15.1. The average Bonchev–Trinajstić information content (AvgIpc) is 2.62. The lowest BCUT2D eigenvalue weighted by Gasteiger charge is -2.15. The molecule has 7 heteroatoms. The third-order valence-corrected chi connectivity index (χ3v) is 3.52. The van der Waals surface area contributed by atoms with Gasteiger partial charge in [-0.05, 0) is 43.4 Å². The molecule has 0 heterocycles. The Balaban J connectivity index is 2.15. The highest BCUT2D eigenvalue weighted by atomic mass is 32.1. The molecule has 0 bridgehead atoms. The van der Waals surface area contributed by atoms with Crippen LogP contribution in [0.5, 0.6) is 17.2 Å². The van der Waals surface area contributed by atoms with E-state index in [1.807, 2.05) is 31.2 Å². The van der Waals surface area contributed by atoms with Crippen molar-refractivity contribution >= 4 is 28.9 Å². The highest BCUT2D eigenvalue weighted by Gasteiger charge is 2.19. The van der Waals surface area contributed by atoms with Crippen LogP contribution in [0.2, 0.25) is 0 Å². The number of benzene rings is 2. The van der Waals surface area contributed by atoms with Gasteiger partial charge in [-0.3, -0.25) is 10.1 Å². The van der Waals surface area contributed by atoms with E-state index in [9.17, 15) is 4.79 Å². The van der Waals surface area contributed by atoms with Crippen LogP contribution in [0.3, 0.4) is 0 Å². The number of thiocarbonyl (C=S) groups is 1. The molecule has 2 aromatic carbocycles. The second-order valence-electron chi connectivity index (χ2n) is 4.87. The van der Waals surface area contributed by atoms with E-state index >= 15 is 0 Å². The van der Waals surface area contributed by atoms with Crippen LogP contribution < -0.4 is 24.8 Å². The molecule has 0 aliphatic rings. The minimum atomic E-state index is -0.430. The summed E-state index contributed by atoms with van der Waals surface area (Å²) in [5, 5.41) is 5.74. The molecule has 0 aliphatic carbocycles. The van der Waals surface area contributed by atoms with Crippen molar-refractivity contribution in [1.29, 1.82) is 0 Å². The number of anilines is 1. The Bertz CT molecular complexity index is 742. The van der Waals surface area contributed by atoms with Crippen LogP contribution in [-0.2, 0) is 0 Å². The van der Waals surface area contributed by atoms with E-state index in [0.717, 1.165) is 0 Å². The fraction of sp³-hybridized carbons (Fsp3) is 0.222. The number of methoxy groups -OCH3 is 2. The van der Waals surface area contributed by atoms with Gasteiger partial charge >= 0.3 is 0 Å². The van der Waals surface area contributed by atoms with Crippen molar-refractivity contribution in [2.75, 3.05) is 26.1 Å². The smallest absolute Gasteiger partial charge is 0.264 e. The summed E-state index contributed by atoms with van der Waals surface area (Å²) < 4.78 is 16.0. The summed E-state index contributed by atoms with van der Waals surface area (Å²) in [7, 11) is 2.97. The van der Waals surface area contributed by atoms with Gasteiger partial charge in [-0.2, -0.15) is 0 Å². The Hall–Kier alpha value is -2.80. The Morgan fingerprint density at radius 1 is 1.00 bits per heavy atom. The van der Waals surface area contributed by atoms with Gasteiger partial charge in [0.1, 0.15) is 22.8 Å². The molecule has 0 aromatic heterocycles. The second kappa shape index (κ2) is 8.89. The van der Waals surface area contributed by atoms with Gasteiger partial charge in [-0.15, -0.1) is 0 Å². The van der Waals surface area contributed by atoms with Gasteiger partial charge in [0, 0.05) is 0 Å². The molecule has 2 N–H and O–H groups in total. The van der Waals surface area contributed by atoms with Crippen LogP contribution >= 0.6 is 12.2 Å². The summed E-state index contributed by atoms with van der Waals surface area (Å²) in [5.41, 5.74) is 0.941. The lowest BCUT2D eigenvalue weighted by Crippen LogP contribution is -2.34. The molecule has 0 fully saturated rings. The number of amides is 1. The number of rotatable bonds is 6. The quantitative estimate of drug-likeness (QED) is 0.771. The van der Waals surface area contributed by atoms with Crippen LogP contribution in [-0.4, -0.2) is 31.8 Å². The Morgan fingerprint density at radius 2 is 1.60 bits per heavy atom. The Kier molecular flexibility index (Phi) is 6.59. The highest BCUT2D eigenvalue weighted by molar-refractivity contribution is 7.80. The van der Waals surface area contributed by atoms with Crippen molar-refractivity contribution in [3.63, 3.8) is 0 Å². The number of nitrogens with one attached hydrogen (secondary N) is 2. The summed E-state index contributed by atoms with van der Waals surface area (Å²) in [6.45, 7) is 2.42. The topological polar surface area (TPSA) is 68.8 Å². The molecule has 2 rings (SSSR count). The molecule has 0 atom stereocenters. The van der Waals surface area contributed by atoms with Gasteiger partial charge in [-0.25, -0.2) is 0 Å². The van der Waals surface area contributed by atoms with Gasteiger partial charge in [0.05, 0.1) is 26.5 Å². The van der Waals surface area contributed by atoms with Crippen LogP contribution in [0.15, 0.2) is 42.5 Å². The molecule has 132 valence electrons. The minimum Gasteiger partial charge on any atom is -0.496 e. The lowest BCUT2D eigenvalue weighted by molar-refractivity contribution is 0.0971. The van der Waals surface area contributed by atoms with E-state index in [-0.39, 0.29) is 10.7 Å². The minimum absolute atomic E-state index is 0.144. The fourth-order valence-electron chi connectivity index (χ4n) is 2.25. The molecule has 0 aliphatic heterocycles. The van der Waals surface area contributed by atoms with Gasteiger partial charge < -0.3 is 19.5 Å². The fourth-order valence-corrected chi connectivity index (χ4v) is 2.45. The lowest BCUT2D eigenvalue weighted by atomic mass is 10.1. The van der Waals surface area contributed by atoms with Crippen molar-refractivity contribution < 1.29 is 19.0 Å². The number of carbonyl (C=O) groups is 1. The van der Waals surface area contributed by atoms with E-state index < -0.39 is 5.91 Å². The number of para-hydroxylation sites is 2. The van der Waals surface area contributed by atoms with E-state index in [2.05, 4.69) is 10.6 Å². The monoisotopic (exact) mass is 360 g/mol. The summed E-state index contributed by atoms with van der Waals surface area (Å²) in [6, 6.07) is 12.4. The van der Waals surface area contributed by atoms with E-state index in [1.54, 1.807) is 18.2 Å². The average molecular weight is 360 g/mol.